The topological polar surface area (TPSA) is 60.4 Å². The molecule has 0 N–H and O–H groups in total. The molecule has 7 rings (SSSR count). The van der Waals surface area contributed by atoms with Crippen LogP contribution in [0.3, 0.4) is 0 Å². The maximum absolute atomic E-state index is 6.05. The smallest absolute Gasteiger partial charge is 0.212 e. The summed E-state index contributed by atoms with van der Waals surface area (Å²) in [5.74, 6) is 0.319. The molecule has 0 unspecified atom stereocenters. The minimum Gasteiger partial charge on any atom is -0.217 e. The van der Waals surface area contributed by atoms with Gasteiger partial charge in [0, 0.05) is 32.5 Å². The second-order valence-corrected chi connectivity index (χ2v) is 13.5. The van der Waals surface area contributed by atoms with E-state index in [1.54, 1.807) is 22.7 Å². The molecule has 0 aliphatic heterocycles. The molecule has 6 nitrogen and oxygen atoms in total. The van der Waals surface area contributed by atoms with Crippen LogP contribution in [0.4, 0.5) is 0 Å². The van der Waals surface area contributed by atoms with Gasteiger partial charge < -0.3 is 0 Å². The van der Waals surface area contributed by atoms with Gasteiger partial charge in [-0.3, -0.25) is 0 Å². The third kappa shape index (κ3) is 3.72. The molecular weight excluding hydrogens is 555 g/mol. The fourth-order valence-corrected chi connectivity index (χ4v) is 8.29. The van der Waals surface area contributed by atoms with Crippen molar-refractivity contribution in [2.45, 2.75) is 44.9 Å². The van der Waals surface area contributed by atoms with Gasteiger partial charge in [0.1, 0.15) is 10.0 Å². The maximum atomic E-state index is 6.05. The van der Waals surface area contributed by atoms with Crippen LogP contribution in [0.5, 0.6) is 0 Å². The van der Waals surface area contributed by atoms with Crippen LogP contribution in [-0.2, 0) is 5.41 Å². The largest absolute Gasteiger partial charge is 0.217 e. The number of nitrogens with zero attached hydrogens (tertiary/aromatic N) is 6. The molecule has 1 saturated carbocycles. The highest BCUT2D eigenvalue weighted by Gasteiger charge is 2.55. The number of rotatable bonds is 4. The van der Waals surface area contributed by atoms with Gasteiger partial charge >= 0.3 is 0 Å². The summed E-state index contributed by atoms with van der Waals surface area (Å²) in [7, 11) is 0. The average Bonchev–Trinajstić information content (AvgIpc) is 3.66. The van der Waals surface area contributed by atoms with Crippen molar-refractivity contribution in [1.29, 1.82) is 0 Å². The Labute approximate surface area is 237 Å². The van der Waals surface area contributed by atoms with Crippen LogP contribution < -0.4 is 0 Å². The number of imidazole rings is 2. The van der Waals surface area contributed by atoms with E-state index in [1.807, 2.05) is 70.0 Å². The SMILES string of the molecule is CC1(C)[C@@H](c2nn3cc(-c4ccc(Cl)cc4)nc3s2)CC[C@@]1(C)c1nn2cc(-c3ccc(Cl)cc3)nc2s1. The molecule has 2 aromatic carbocycles. The molecule has 6 aromatic rings. The molecule has 4 heterocycles. The summed E-state index contributed by atoms with van der Waals surface area (Å²) in [6.07, 6.45) is 6.12. The molecule has 1 fully saturated rings. The monoisotopic (exact) mass is 578 g/mol. The molecule has 1 aliphatic carbocycles. The van der Waals surface area contributed by atoms with Crippen LogP contribution in [-0.4, -0.2) is 29.2 Å². The predicted octanol–water partition coefficient (Wildman–Crippen LogP) is 8.40. The summed E-state index contributed by atoms with van der Waals surface area (Å²) in [4.78, 5) is 11.5. The van der Waals surface area contributed by atoms with E-state index >= 15 is 0 Å². The number of benzene rings is 2. The zero-order valence-corrected chi connectivity index (χ0v) is 24.2. The van der Waals surface area contributed by atoms with Gasteiger partial charge in [0.25, 0.3) is 0 Å². The van der Waals surface area contributed by atoms with Crippen LogP contribution in [0.25, 0.3) is 32.4 Å². The van der Waals surface area contributed by atoms with Gasteiger partial charge in [0.05, 0.1) is 23.8 Å². The first-order valence-corrected chi connectivity index (χ1v) is 14.8. The Kier molecular flexibility index (Phi) is 5.50. The molecule has 2 atom stereocenters. The van der Waals surface area contributed by atoms with Crippen molar-refractivity contribution in [2.24, 2.45) is 5.41 Å². The third-order valence-corrected chi connectivity index (χ3v) is 11.1. The van der Waals surface area contributed by atoms with E-state index < -0.39 is 0 Å². The Morgan fingerprint density at radius 2 is 1.29 bits per heavy atom. The maximum Gasteiger partial charge on any atom is 0.212 e. The molecular formula is C28H24Cl2N6S2. The van der Waals surface area contributed by atoms with Gasteiger partial charge in [0.15, 0.2) is 0 Å². The van der Waals surface area contributed by atoms with E-state index in [9.17, 15) is 0 Å². The highest BCUT2D eigenvalue weighted by atomic mass is 35.5. The van der Waals surface area contributed by atoms with Gasteiger partial charge in [0.2, 0.25) is 9.92 Å². The van der Waals surface area contributed by atoms with Crippen molar-refractivity contribution in [2.75, 3.05) is 0 Å². The summed E-state index contributed by atoms with van der Waals surface area (Å²) in [5.41, 5.74) is 3.75. The molecule has 0 spiro atoms. The highest BCUT2D eigenvalue weighted by Crippen LogP contribution is 2.61. The van der Waals surface area contributed by atoms with Crippen LogP contribution in [0.15, 0.2) is 60.9 Å². The Morgan fingerprint density at radius 3 is 1.82 bits per heavy atom. The van der Waals surface area contributed by atoms with Crippen LogP contribution >= 0.6 is 45.9 Å². The number of hydrogen-bond donors (Lipinski definition) is 0. The van der Waals surface area contributed by atoms with Gasteiger partial charge in [-0.15, -0.1) is 0 Å². The van der Waals surface area contributed by atoms with Gasteiger partial charge in [-0.2, -0.15) is 10.2 Å². The van der Waals surface area contributed by atoms with Crippen molar-refractivity contribution >= 4 is 55.8 Å². The molecule has 0 bridgehead atoms. The lowest BCUT2D eigenvalue weighted by Gasteiger charge is -2.39. The third-order valence-electron chi connectivity index (χ3n) is 8.38. The average molecular weight is 580 g/mol. The normalized spacial score (nSPS) is 21.1. The molecule has 10 heteroatoms. The number of halogens is 2. The van der Waals surface area contributed by atoms with Crippen LogP contribution in [0, 0.1) is 5.41 Å². The van der Waals surface area contributed by atoms with Crippen molar-refractivity contribution in [3.05, 3.63) is 81.0 Å². The number of aromatic nitrogens is 6. The summed E-state index contributed by atoms with van der Waals surface area (Å²) in [6.45, 7) is 7.07. The fourth-order valence-electron chi connectivity index (χ4n) is 5.61. The second kappa shape index (κ2) is 8.61. The zero-order valence-electron chi connectivity index (χ0n) is 21.0. The Bertz CT molecular complexity index is 1730. The van der Waals surface area contributed by atoms with Gasteiger partial charge in [-0.25, -0.2) is 19.0 Å². The first-order chi connectivity index (χ1) is 18.2. The predicted molar refractivity (Wildman–Crippen MR) is 156 cm³/mol. The summed E-state index contributed by atoms with van der Waals surface area (Å²) in [6, 6.07) is 15.5. The van der Waals surface area contributed by atoms with Crippen molar-refractivity contribution < 1.29 is 0 Å². The van der Waals surface area contributed by atoms with E-state index in [-0.39, 0.29) is 10.8 Å². The molecule has 192 valence electrons. The van der Waals surface area contributed by atoms with E-state index in [4.69, 9.17) is 43.4 Å². The highest BCUT2D eigenvalue weighted by molar-refractivity contribution is 7.17. The van der Waals surface area contributed by atoms with E-state index in [2.05, 4.69) is 20.8 Å². The summed E-state index contributed by atoms with van der Waals surface area (Å²) in [5, 5.41) is 13.7. The molecule has 0 radical (unpaired) electrons. The Morgan fingerprint density at radius 1 is 0.763 bits per heavy atom. The fraction of sp³-hybridized carbons (Fsp3) is 0.286. The molecule has 1 aliphatic rings. The lowest BCUT2D eigenvalue weighted by atomic mass is 9.66. The van der Waals surface area contributed by atoms with Crippen LogP contribution in [0.1, 0.15) is 49.5 Å². The minimum atomic E-state index is -0.0916. The number of fused-ring (bicyclic) bond motifs is 2. The summed E-state index contributed by atoms with van der Waals surface area (Å²) < 4.78 is 3.85. The molecule has 4 aromatic heterocycles. The summed E-state index contributed by atoms with van der Waals surface area (Å²) >= 11 is 15.5. The lowest BCUT2D eigenvalue weighted by molar-refractivity contribution is 0.198. The second-order valence-electron chi connectivity index (χ2n) is 10.7. The lowest BCUT2D eigenvalue weighted by Crippen LogP contribution is -2.37. The van der Waals surface area contributed by atoms with Gasteiger partial charge in [-0.05, 0) is 42.5 Å². The number of hydrogen-bond acceptors (Lipinski definition) is 6. The van der Waals surface area contributed by atoms with E-state index in [1.165, 1.54) is 0 Å². The van der Waals surface area contributed by atoms with Crippen molar-refractivity contribution in [3.63, 3.8) is 0 Å². The van der Waals surface area contributed by atoms with Gasteiger partial charge in [-0.1, -0.05) is 90.9 Å². The molecule has 0 saturated heterocycles. The standard InChI is InChI=1S/C28H24Cl2N6S2/c1-27(2)20(23-33-35-14-21(31-25(35)37-23)16-4-8-18(29)9-5-16)12-13-28(27,3)24-34-36-15-22(32-26(36)38-24)17-6-10-19(30)11-7-17/h4-11,14-15,20H,12-13H2,1-3H3/t20-,28+/m1/s1. The minimum absolute atomic E-state index is 0.0449. The van der Waals surface area contributed by atoms with E-state index in [0.29, 0.717) is 5.92 Å². The van der Waals surface area contributed by atoms with Crippen LogP contribution in [0.2, 0.25) is 10.0 Å². The molecule has 0 amide bonds. The first-order valence-electron chi connectivity index (χ1n) is 12.5. The quantitative estimate of drug-likeness (QED) is 0.210. The van der Waals surface area contributed by atoms with Crippen molar-refractivity contribution in [3.8, 4) is 22.5 Å². The molecule has 38 heavy (non-hydrogen) atoms. The van der Waals surface area contributed by atoms with E-state index in [0.717, 1.165) is 65.3 Å². The Hall–Kier alpha value is -2.78. The first kappa shape index (κ1) is 24.3. The Balaban J connectivity index is 1.18. The zero-order chi connectivity index (χ0) is 26.2. The van der Waals surface area contributed by atoms with Crippen molar-refractivity contribution in [1.82, 2.24) is 29.2 Å².